The first-order chi connectivity index (χ1) is 16.1. The predicted octanol–water partition coefficient (Wildman–Crippen LogP) is 4.61. The molecular formula is C26H19N5O2. The fourth-order valence-electron chi connectivity index (χ4n) is 3.71. The van der Waals surface area contributed by atoms with E-state index in [1.165, 1.54) is 0 Å². The molecule has 5 rings (SSSR count). The molecule has 160 valence electrons. The van der Waals surface area contributed by atoms with Gasteiger partial charge in [0, 0.05) is 28.4 Å². The highest BCUT2D eigenvalue weighted by atomic mass is 16.2. The van der Waals surface area contributed by atoms with E-state index in [4.69, 9.17) is 0 Å². The number of hydrogen-bond acceptors (Lipinski definition) is 5. The minimum atomic E-state index is -0.406. The average molecular weight is 433 g/mol. The van der Waals surface area contributed by atoms with Crippen molar-refractivity contribution in [2.75, 3.05) is 5.32 Å². The van der Waals surface area contributed by atoms with Crippen molar-refractivity contribution >= 4 is 28.3 Å². The summed E-state index contributed by atoms with van der Waals surface area (Å²) in [6, 6.07) is 25.5. The molecule has 7 nitrogen and oxygen atoms in total. The van der Waals surface area contributed by atoms with E-state index in [-0.39, 0.29) is 11.5 Å². The molecular weight excluding hydrogens is 414 g/mol. The first-order valence-corrected chi connectivity index (χ1v) is 10.4. The first-order valence-electron chi connectivity index (χ1n) is 10.4. The Morgan fingerprint density at radius 1 is 0.848 bits per heavy atom. The second kappa shape index (κ2) is 8.47. The second-order valence-corrected chi connectivity index (χ2v) is 7.52. The van der Waals surface area contributed by atoms with Gasteiger partial charge in [-0.3, -0.25) is 14.6 Å². The number of fused-ring (bicyclic) bond motifs is 1. The molecule has 0 saturated carbocycles. The molecule has 2 heterocycles. The highest BCUT2D eigenvalue weighted by Crippen LogP contribution is 2.22. The van der Waals surface area contributed by atoms with Gasteiger partial charge in [0.15, 0.2) is 11.5 Å². The molecule has 5 aromatic rings. The monoisotopic (exact) mass is 433 g/mol. The zero-order valence-corrected chi connectivity index (χ0v) is 17.8. The van der Waals surface area contributed by atoms with Crippen molar-refractivity contribution in [3.8, 4) is 5.69 Å². The van der Waals surface area contributed by atoms with Crippen LogP contribution in [0.3, 0.4) is 0 Å². The van der Waals surface area contributed by atoms with E-state index in [9.17, 15) is 9.59 Å². The molecule has 33 heavy (non-hydrogen) atoms. The quantitative estimate of drug-likeness (QED) is 0.409. The number of carbonyl (C=O) groups is 2. The molecule has 2 aromatic heterocycles. The Morgan fingerprint density at radius 3 is 2.45 bits per heavy atom. The fourth-order valence-corrected chi connectivity index (χ4v) is 3.71. The Balaban J connectivity index is 1.42. The Kier molecular flexibility index (Phi) is 5.20. The molecule has 3 aromatic carbocycles. The molecule has 0 aliphatic heterocycles. The van der Waals surface area contributed by atoms with E-state index in [1.807, 2.05) is 48.5 Å². The maximum absolute atomic E-state index is 13.0. The summed E-state index contributed by atoms with van der Waals surface area (Å²) in [5.41, 5.74) is 3.87. The van der Waals surface area contributed by atoms with Crippen LogP contribution in [0.5, 0.6) is 0 Å². The smallest absolute Gasteiger partial charge is 0.278 e. The zero-order valence-electron chi connectivity index (χ0n) is 17.8. The zero-order chi connectivity index (χ0) is 22.8. The lowest BCUT2D eigenvalue weighted by molar-refractivity contribution is 0.101. The van der Waals surface area contributed by atoms with Gasteiger partial charge >= 0.3 is 0 Å². The topological polar surface area (TPSA) is 89.8 Å². The highest BCUT2D eigenvalue weighted by molar-refractivity contribution is 6.10. The lowest BCUT2D eigenvalue weighted by atomic mass is 10.0. The number of anilines is 1. The van der Waals surface area contributed by atoms with Crippen molar-refractivity contribution < 1.29 is 9.59 Å². The van der Waals surface area contributed by atoms with Crippen LogP contribution >= 0.6 is 0 Å². The summed E-state index contributed by atoms with van der Waals surface area (Å²) in [5, 5.41) is 12.1. The summed E-state index contributed by atoms with van der Waals surface area (Å²) in [4.78, 5) is 30.1. The van der Waals surface area contributed by atoms with Crippen molar-refractivity contribution in [3.63, 3.8) is 0 Å². The Bertz CT molecular complexity index is 1490. The van der Waals surface area contributed by atoms with Crippen LogP contribution in [0.25, 0.3) is 16.6 Å². The van der Waals surface area contributed by atoms with Crippen LogP contribution in [-0.4, -0.2) is 31.7 Å². The van der Waals surface area contributed by atoms with E-state index in [0.29, 0.717) is 22.5 Å². The number of benzene rings is 3. The number of ketones is 1. The molecule has 0 atom stereocenters. The number of rotatable bonds is 5. The SMILES string of the molecule is Cc1c(C(=O)Nc2cccc(C(=O)c3ccccc3)c2)nnn1-c1cccc2cccnc12. The number of para-hydroxylation sites is 1. The molecule has 0 saturated heterocycles. The summed E-state index contributed by atoms with van der Waals surface area (Å²) in [7, 11) is 0. The molecule has 0 spiro atoms. The molecule has 0 fully saturated rings. The standard InChI is InChI=1S/C26H19N5O2/c1-17-23(29-30-31(17)22-14-6-10-18-12-7-15-27-24(18)22)26(33)28-21-13-5-11-20(16-21)25(32)19-8-3-2-4-9-19/h2-16H,1H3,(H,28,33). The number of carbonyl (C=O) groups excluding carboxylic acids is 2. The summed E-state index contributed by atoms with van der Waals surface area (Å²) in [5.74, 6) is -0.520. The van der Waals surface area contributed by atoms with Gasteiger partial charge in [0.25, 0.3) is 5.91 Å². The fraction of sp³-hybridized carbons (Fsp3) is 0.0385. The van der Waals surface area contributed by atoms with Crippen LogP contribution in [0.1, 0.15) is 32.1 Å². The average Bonchev–Trinajstić information content (AvgIpc) is 3.25. The van der Waals surface area contributed by atoms with Crippen molar-refractivity contribution in [2.24, 2.45) is 0 Å². The Morgan fingerprint density at radius 2 is 1.61 bits per heavy atom. The van der Waals surface area contributed by atoms with Crippen LogP contribution in [0.4, 0.5) is 5.69 Å². The molecule has 0 aliphatic carbocycles. The molecule has 0 unspecified atom stereocenters. The summed E-state index contributed by atoms with van der Waals surface area (Å²) < 4.78 is 1.61. The van der Waals surface area contributed by atoms with E-state index < -0.39 is 5.91 Å². The summed E-state index contributed by atoms with van der Waals surface area (Å²) in [6.07, 6.45) is 1.72. The van der Waals surface area contributed by atoms with Crippen molar-refractivity contribution in [1.82, 2.24) is 20.0 Å². The third-order valence-electron chi connectivity index (χ3n) is 5.37. The van der Waals surface area contributed by atoms with Gasteiger partial charge in [-0.15, -0.1) is 5.10 Å². The van der Waals surface area contributed by atoms with Gasteiger partial charge in [0.1, 0.15) is 0 Å². The lowest BCUT2D eigenvalue weighted by Crippen LogP contribution is -2.14. The minimum Gasteiger partial charge on any atom is -0.321 e. The Labute approximate surface area is 189 Å². The van der Waals surface area contributed by atoms with Crippen molar-refractivity contribution in [2.45, 2.75) is 6.92 Å². The largest absolute Gasteiger partial charge is 0.321 e. The van der Waals surface area contributed by atoms with Crippen LogP contribution in [-0.2, 0) is 0 Å². The van der Waals surface area contributed by atoms with E-state index in [0.717, 1.165) is 16.6 Å². The third kappa shape index (κ3) is 3.87. The van der Waals surface area contributed by atoms with Gasteiger partial charge in [-0.25, -0.2) is 4.68 Å². The van der Waals surface area contributed by atoms with E-state index in [1.54, 1.807) is 54.2 Å². The first kappa shape index (κ1) is 20.3. The van der Waals surface area contributed by atoms with Gasteiger partial charge in [-0.1, -0.05) is 65.9 Å². The van der Waals surface area contributed by atoms with Gasteiger partial charge in [-0.05, 0) is 31.2 Å². The Hall–Kier alpha value is -4.65. The third-order valence-corrected chi connectivity index (χ3v) is 5.37. The molecule has 1 amide bonds. The molecule has 1 N–H and O–H groups in total. The summed E-state index contributed by atoms with van der Waals surface area (Å²) in [6.45, 7) is 1.78. The number of pyridine rings is 1. The maximum Gasteiger partial charge on any atom is 0.278 e. The predicted molar refractivity (Wildman–Crippen MR) is 126 cm³/mol. The normalized spacial score (nSPS) is 10.8. The number of nitrogens with one attached hydrogen (secondary N) is 1. The van der Waals surface area contributed by atoms with Crippen molar-refractivity contribution in [3.05, 3.63) is 114 Å². The highest BCUT2D eigenvalue weighted by Gasteiger charge is 2.19. The van der Waals surface area contributed by atoms with Gasteiger partial charge in [0.05, 0.1) is 16.9 Å². The molecule has 0 bridgehead atoms. The van der Waals surface area contributed by atoms with Gasteiger partial charge in [-0.2, -0.15) is 0 Å². The van der Waals surface area contributed by atoms with Crippen molar-refractivity contribution in [1.29, 1.82) is 0 Å². The van der Waals surface area contributed by atoms with Crippen LogP contribution in [0.2, 0.25) is 0 Å². The van der Waals surface area contributed by atoms with E-state index >= 15 is 0 Å². The number of hydrogen-bond donors (Lipinski definition) is 1. The van der Waals surface area contributed by atoms with Gasteiger partial charge in [0.2, 0.25) is 0 Å². The number of nitrogens with zero attached hydrogens (tertiary/aromatic N) is 4. The minimum absolute atomic E-state index is 0.114. The maximum atomic E-state index is 13.0. The lowest BCUT2D eigenvalue weighted by Gasteiger charge is -2.08. The van der Waals surface area contributed by atoms with Gasteiger partial charge < -0.3 is 5.32 Å². The van der Waals surface area contributed by atoms with Crippen LogP contribution in [0.15, 0.2) is 91.1 Å². The van der Waals surface area contributed by atoms with E-state index in [2.05, 4.69) is 20.6 Å². The molecule has 7 heteroatoms. The van der Waals surface area contributed by atoms with Crippen LogP contribution in [0, 0.1) is 6.92 Å². The summed E-state index contributed by atoms with van der Waals surface area (Å²) >= 11 is 0. The molecule has 0 aliphatic rings. The number of aromatic nitrogens is 4. The second-order valence-electron chi connectivity index (χ2n) is 7.52. The van der Waals surface area contributed by atoms with Crippen LogP contribution < -0.4 is 5.32 Å². The number of amides is 1. The molecule has 0 radical (unpaired) electrons.